The third kappa shape index (κ3) is 3.13. The van der Waals surface area contributed by atoms with Crippen LogP contribution in [0.5, 0.6) is 0 Å². The molecule has 0 unspecified atom stereocenters. The fraction of sp³-hybridized carbons (Fsp3) is 0.250. The van der Waals surface area contributed by atoms with Gasteiger partial charge in [-0.3, -0.25) is 4.79 Å². The second kappa shape index (κ2) is 6.10. The molecule has 0 spiro atoms. The molecule has 3 rings (SSSR count). The van der Waals surface area contributed by atoms with Crippen LogP contribution in [0.25, 0.3) is 22.4 Å². The molecule has 1 N–H and O–H groups in total. The highest BCUT2D eigenvalue weighted by Crippen LogP contribution is 2.30. The number of para-hydroxylation sites is 1. The van der Waals surface area contributed by atoms with E-state index >= 15 is 0 Å². The SMILES string of the molecule is CCCCC(=O)Nc1nc(-c2cc3ccccc3o2)cs1. The maximum Gasteiger partial charge on any atom is 0.226 e. The van der Waals surface area contributed by atoms with Crippen LogP contribution in [-0.2, 0) is 4.79 Å². The Morgan fingerprint density at radius 1 is 1.38 bits per heavy atom. The number of carbonyl (C=O) groups excluding carboxylic acids is 1. The second-order valence-corrected chi connectivity index (χ2v) is 5.70. The van der Waals surface area contributed by atoms with Crippen molar-refractivity contribution in [3.63, 3.8) is 0 Å². The Bertz CT molecular complexity index is 727. The zero-order valence-corrected chi connectivity index (χ0v) is 12.6. The highest BCUT2D eigenvalue weighted by Gasteiger charge is 2.11. The van der Waals surface area contributed by atoms with Crippen LogP contribution < -0.4 is 5.32 Å². The molecule has 1 amide bonds. The molecule has 0 radical (unpaired) electrons. The van der Waals surface area contributed by atoms with Gasteiger partial charge >= 0.3 is 0 Å². The standard InChI is InChI=1S/C16H16N2O2S/c1-2-3-8-15(19)18-16-17-12(10-21-16)14-9-11-6-4-5-7-13(11)20-14/h4-7,9-10H,2-3,8H2,1H3,(H,17,18,19). The normalized spacial score (nSPS) is 10.9. The van der Waals surface area contributed by atoms with Crippen LogP contribution in [0.4, 0.5) is 5.13 Å². The van der Waals surface area contributed by atoms with E-state index in [4.69, 9.17) is 4.42 Å². The molecule has 2 heterocycles. The zero-order chi connectivity index (χ0) is 14.7. The second-order valence-electron chi connectivity index (χ2n) is 4.84. The number of fused-ring (bicyclic) bond motifs is 1. The lowest BCUT2D eigenvalue weighted by Gasteiger charge is -1.99. The number of nitrogens with zero attached hydrogens (tertiary/aromatic N) is 1. The van der Waals surface area contributed by atoms with E-state index in [9.17, 15) is 4.79 Å². The summed E-state index contributed by atoms with van der Waals surface area (Å²) in [4.78, 5) is 16.1. The number of thiazole rings is 1. The largest absolute Gasteiger partial charge is 0.454 e. The van der Waals surface area contributed by atoms with Gasteiger partial charge in [0.1, 0.15) is 11.3 Å². The lowest BCUT2D eigenvalue weighted by molar-refractivity contribution is -0.116. The molecule has 0 aliphatic heterocycles. The summed E-state index contributed by atoms with van der Waals surface area (Å²) in [5, 5.41) is 6.39. The highest BCUT2D eigenvalue weighted by molar-refractivity contribution is 7.14. The predicted molar refractivity (Wildman–Crippen MR) is 85.5 cm³/mol. The molecule has 0 aliphatic carbocycles. The van der Waals surface area contributed by atoms with E-state index in [0.29, 0.717) is 11.6 Å². The minimum absolute atomic E-state index is 0.0161. The molecule has 0 saturated heterocycles. The zero-order valence-electron chi connectivity index (χ0n) is 11.8. The topological polar surface area (TPSA) is 55.1 Å². The van der Waals surface area contributed by atoms with E-state index in [-0.39, 0.29) is 5.91 Å². The quantitative estimate of drug-likeness (QED) is 0.744. The van der Waals surface area contributed by atoms with Gasteiger partial charge in [0, 0.05) is 17.2 Å². The smallest absolute Gasteiger partial charge is 0.226 e. The van der Waals surface area contributed by atoms with Crippen molar-refractivity contribution in [2.24, 2.45) is 0 Å². The minimum Gasteiger partial charge on any atom is -0.454 e. The molecule has 3 aromatic rings. The average molecular weight is 300 g/mol. The molecule has 1 aromatic carbocycles. The van der Waals surface area contributed by atoms with Crippen molar-refractivity contribution >= 4 is 33.3 Å². The molecule has 0 fully saturated rings. The monoisotopic (exact) mass is 300 g/mol. The summed E-state index contributed by atoms with van der Waals surface area (Å²) in [6.07, 6.45) is 2.44. The highest BCUT2D eigenvalue weighted by atomic mass is 32.1. The fourth-order valence-corrected chi connectivity index (χ4v) is 2.79. The molecule has 0 saturated carbocycles. The summed E-state index contributed by atoms with van der Waals surface area (Å²) in [6, 6.07) is 9.81. The van der Waals surface area contributed by atoms with Gasteiger partial charge in [-0.25, -0.2) is 4.98 Å². The lowest BCUT2D eigenvalue weighted by atomic mass is 10.2. The van der Waals surface area contributed by atoms with Crippen LogP contribution in [0.2, 0.25) is 0 Å². The van der Waals surface area contributed by atoms with Gasteiger partial charge < -0.3 is 9.73 Å². The number of nitrogens with one attached hydrogen (secondary N) is 1. The van der Waals surface area contributed by atoms with Crippen molar-refractivity contribution in [3.05, 3.63) is 35.7 Å². The molecule has 0 bridgehead atoms. The Kier molecular flexibility index (Phi) is 4.01. The summed E-state index contributed by atoms with van der Waals surface area (Å²) in [5.74, 6) is 0.740. The maximum atomic E-state index is 11.7. The van der Waals surface area contributed by atoms with E-state index in [1.54, 1.807) is 0 Å². The van der Waals surface area contributed by atoms with Gasteiger partial charge in [0.2, 0.25) is 5.91 Å². The van der Waals surface area contributed by atoms with Crippen LogP contribution in [0.3, 0.4) is 0 Å². The Balaban J connectivity index is 1.76. The van der Waals surface area contributed by atoms with Crippen LogP contribution in [-0.4, -0.2) is 10.9 Å². The lowest BCUT2D eigenvalue weighted by Crippen LogP contribution is -2.10. The molecular weight excluding hydrogens is 284 g/mol. The number of rotatable bonds is 5. The predicted octanol–water partition coefficient (Wildman–Crippen LogP) is 4.69. The Labute approximate surface area is 126 Å². The number of hydrogen-bond acceptors (Lipinski definition) is 4. The van der Waals surface area contributed by atoms with Crippen molar-refractivity contribution in [2.45, 2.75) is 26.2 Å². The number of furan rings is 1. The van der Waals surface area contributed by atoms with Crippen molar-refractivity contribution in [1.29, 1.82) is 0 Å². The number of amides is 1. The van der Waals surface area contributed by atoms with E-state index in [2.05, 4.69) is 17.2 Å². The van der Waals surface area contributed by atoms with Crippen LogP contribution in [0.15, 0.2) is 40.1 Å². The molecule has 4 nitrogen and oxygen atoms in total. The van der Waals surface area contributed by atoms with Crippen LogP contribution in [0, 0.1) is 0 Å². The molecule has 5 heteroatoms. The first-order chi connectivity index (χ1) is 10.3. The molecule has 0 aliphatic rings. The van der Waals surface area contributed by atoms with Crippen LogP contribution >= 0.6 is 11.3 Å². The van der Waals surface area contributed by atoms with E-state index in [0.717, 1.165) is 35.3 Å². The first kappa shape index (κ1) is 13.8. The maximum absolute atomic E-state index is 11.7. The van der Waals surface area contributed by atoms with Crippen molar-refractivity contribution in [3.8, 4) is 11.5 Å². The summed E-state index contributed by atoms with van der Waals surface area (Å²) in [5.41, 5.74) is 1.59. The van der Waals surface area contributed by atoms with Crippen molar-refractivity contribution in [2.75, 3.05) is 5.32 Å². The summed E-state index contributed by atoms with van der Waals surface area (Å²) >= 11 is 1.41. The number of aromatic nitrogens is 1. The van der Waals surface area contributed by atoms with Crippen LogP contribution in [0.1, 0.15) is 26.2 Å². The minimum atomic E-state index is 0.0161. The third-order valence-electron chi connectivity index (χ3n) is 3.19. The summed E-state index contributed by atoms with van der Waals surface area (Å²) < 4.78 is 5.77. The number of anilines is 1. The summed E-state index contributed by atoms with van der Waals surface area (Å²) in [6.45, 7) is 2.07. The molecule has 2 aromatic heterocycles. The van der Waals surface area contributed by atoms with E-state index in [1.165, 1.54) is 11.3 Å². The van der Waals surface area contributed by atoms with Gasteiger partial charge in [-0.05, 0) is 18.6 Å². The molecule has 21 heavy (non-hydrogen) atoms. The first-order valence-corrected chi connectivity index (χ1v) is 7.88. The van der Waals surface area contributed by atoms with Crippen molar-refractivity contribution in [1.82, 2.24) is 4.98 Å². The van der Waals surface area contributed by atoms with Gasteiger partial charge in [0.05, 0.1) is 0 Å². The summed E-state index contributed by atoms with van der Waals surface area (Å²) in [7, 11) is 0. The Morgan fingerprint density at radius 3 is 3.05 bits per heavy atom. The third-order valence-corrected chi connectivity index (χ3v) is 3.94. The van der Waals surface area contributed by atoms with Gasteiger partial charge in [-0.1, -0.05) is 31.5 Å². The number of benzene rings is 1. The number of carbonyl (C=O) groups is 1. The van der Waals surface area contributed by atoms with Gasteiger partial charge in [0.15, 0.2) is 10.9 Å². The van der Waals surface area contributed by atoms with E-state index < -0.39 is 0 Å². The fourth-order valence-electron chi connectivity index (χ4n) is 2.07. The molecular formula is C16H16N2O2S. The first-order valence-electron chi connectivity index (χ1n) is 7.00. The van der Waals surface area contributed by atoms with Gasteiger partial charge in [-0.2, -0.15) is 0 Å². The average Bonchev–Trinajstić information content (AvgIpc) is 3.10. The molecule has 108 valence electrons. The van der Waals surface area contributed by atoms with Crippen molar-refractivity contribution < 1.29 is 9.21 Å². The van der Waals surface area contributed by atoms with Gasteiger partial charge in [-0.15, -0.1) is 11.3 Å². The van der Waals surface area contributed by atoms with E-state index in [1.807, 2.05) is 35.7 Å². The number of hydrogen-bond donors (Lipinski definition) is 1. The van der Waals surface area contributed by atoms with Gasteiger partial charge in [0.25, 0.3) is 0 Å². The Morgan fingerprint density at radius 2 is 2.24 bits per heavy atom. The molecule has 0 atom stereocenters. The number of unbranched alkanes of at least 4 members (excludes halogenated alkanes) is 1. The Hall–Kier alpha value is -2.14.